The van der Waals surface area contributed by atoms with Gasteiger partial charge in [-0.3, -0.25) is 14.3 Å². The SMILES string of the molecule is Cc1c(NC(=O)C(F)(F)C(F)(F)F)c(=O)n(-c2ccccc2)n1C. The minimum atomic E-state index is -6.06. The van der Waals surface area contributed by atoms with E-state index >= 15 is 0 Å². The standard InChI is InChI=1S/C14H12F5N3O2/c1-8-10(20-12(24)13(15,16)14(17,18)19)11(23)22(21(8)2)9-6-4-3-5-7-9/h3-7H,1-2H3,(H,20,24). The monoisotopic (exact) mass is 349 g/mol. The molecule has 1 aromatic carbocycles. The van der Waals surface area contributed by atoms with E-state index in [1.54, 1.807) is 18.2 Å². The molecule has 0 aliphatic heterocycles. The molecule has 0 atom stereocenters. The van der Waals surface area contributed by atoms with Crippen molar-refractivity contribution in [2.24, 2.45) is 7.05 Å². The average molecular weight is 349 g/mol. The van der Waals surface area contributed by atoms with Crippen molar-refractivity contribution in [2.75, 3.05) is 5.32 Å². The lowest BCUT2D eigenvalue weighted by molar-refractivity contribution is -0.267. The van der Waals surface area contributed by atoms with E-state index in [2.05, 4.69) is 0 Å². The predicted molar refractivity (Wildman–Crippen MR) is 75.4 cm³/mol. The first kappa shape index (κ1) is 17.7. The molecule has 0 spiro atoms. The fourth-order valence-corrected chi connectivity index (χ4v) is 2.03. The second-order valence-corrected chi connectivity index (χ2v) is 4.96. The Morgan fingerprint density at radius 3 is 2.12 bits per heavy atom. The zero-order valence-corrected chi connectivity index (χ0v) is 12.5. The molecule has 0 aliphatic rings. The third-order valence-corrected chi connectivity index (χ3v) is 3.43. The van der Waals surface area contributed by atoms with Crippen LogP contribution in [-0.2, 0) is 11.8 Å². The first-order valence-corrected chi connectivity index (χ1v) is 6.58. The number of nitrogens with one attached hydrogen (secondary N) is 1. The van der Waals surface area contributed by atoms with Crippen LogP contribution in [0.4, 0.5) is 27.6 Å². The third-order valence-electron chi connectivity index (χ3n) is 3.43. The predicted octanol–water partition coefficient (Wildman–Crippen LogP) is 2.62. The Hall–Kier alpha value is -2.65. The number of nitrogens with zero attached hydrogens (tertiary/aromatic N) is 2. The summed E-state index contributed by atoms with van der Waals surface area (Å²) in [4.78, 5) is 23.6. The van der Waals surface area contributed by atoms with E-state index in [0.29, 0.717) is 5.69 Å². The highest BCUT2D eigenvalue weighted by Gasteiger charge is 2.63. The van der Waals surface area contributed by atoms with Crippen LogP contribution in [0, 0.1) is 6.92 Å². The van der Waals surface area contributed by atoms with Crippen LogP contribution in [0.15, 0.2) is 35.1 Å². The quantitative estimate of drug-likeness (QED) is 0.866. The number of halogens is 5. The minimum absolute atomic E-state index is 0.0233. The van der Waals surface area contributed by atoms with Crippen molar-refractivity contribution < 1.29 is 26.7 Å². The van der Waals surface area contributed by atoms with Crippen LogP contribution < -0.4 is 10.9 Å². The van der Waals surface area contributed by atoms with Crippen LogP contribution in [0.1, 0.15) is 5.69 Å². The summed E-state index contributed by atoms with van der Waals surface area (Å²) in [7, 11) is 1.40. The zero-order chi connectivity index (χ0) is 18.3. The van der Waals surface area contributed by atoms with Gasteiger partial charge >= 0.3 is 18.0 Å². The van der Waals surface area contributed by atoms with Gasteiger partial charge in [-0.15, -0.1) is 0 Å². The van der Waals surface area contributed by atoms with E-state index in [1.165, 1.54) is 36.1 Å². The molecule has 1 heterocycles. The van der Waals surface area contributed by atoms with Gasteiger partial charge in [0.2, 0.25) is 0 Å². The van der Waals surface area contributed by atoms with Gasteiger partial charge in [-0.05, 0) is 19.1 Å². The zero-order valence-electron chi connectivity index (χ0n) is 12.5. The van der Waals surface area contributed by atoms with Crippen molar-refractivity contribution in [2.45, 2.75) is 19.0 Å². The molecular formula is C14H12F5N3O2. The molecule has 0 aliphatic carbocycles. The Labute approximate surface area is 132 Å². The molecule has 0 saturated heterocycles. The molecule has 0 unspecified atom stereocenters. The second kappa shape index (κ2) is 5.77. The van der Waals surface area contributed by atoms with E-state index in [9.17, 15) is 31.5 Å². The highest BCUT2D eigenvalue weighted by molar-refractivity contribution is 5.97. The molecule has 0 radical (unpaired) electrons. The Bertz CT molecular complexity index is 821. The molecule has 0 saturated carbocycles. The number of amides is 1. The normalized spacial score (nSPS) is 12.3. The molecule has 1 aromatic heterocycles. The fourth-order valence-electron chi connectivity index (χ4n) is 2.03. The summed E-state index contributed by atoms with van der Waals surface area (Å²) >= 11 is 0. The molecule has 1 N–H and O–H groups in total. The topological polar surface area (TPSA) is 56.0 Å². The van der Waals surface area contributed by atoms with Crippen molar-refractivity contribution in [3.8, 4) is 5.69 Å². The molecule has 10 heteroatoms. The van der Waals surface area contributed by atoms with Crippen LogP contribution in [0.25, 0.3) is 5.69 Å². The maximum Gasteiger partial charge on any atom is 0.463 e. The van der Waals surface area contributed by atoms with Crippen LogP contribution in [0.2, 0.25) is 0 Å². The molecule has 130 valence electrons. The number of hydrogen-bond donors (Lipinski definition) is 1. The Balaban J connectivity index is 2.48. The first-order valence-electron chi connectivity index (χ1n) is 6.58. The van der Waals surface area contributed by atoms with E-state index in [1.807, 2.05) is 0 Å². The molecule has 1 amide bonds. The smallest absolute Gasteiger partial charge is 0.314 e. The molecule has 2 aromatic rings. The highest BCUT2D eigenvalue weighted by Crippen LogP contribution is 2.36. The maximum absolute atomic E-state index is 13.1. The van der Waals surface area contributed by atoms with Gasteiger partial charge < -0.3 is 5.32 Å². The van der Waals surface area contributed by atoms with Crippen molar-refractivity contribution >= 4 is 11.6 Å². The summed E-state index contributed by atoms with van der Waals surface area (Å²) in [6.07, 6.45) is -6.06. The van der Waals surface area contributed by atoms with Crippen molar-refractivity contribution in [1.82, 2.24) is 9.36 Å². The maximum atomic E-state index is 13.1. The van der Waals surface area contributed by atoms with Gasteiger partial charge in [-0.2, -0.15) is 22.0 Å². The van der Waals surface area contributed by atoms with E-state index in [-0.39, 0.29) is 5.69 Å². The van der Waals surface area contributed by atoms with E-state index in [4.69, 9.17) is 0 Å². The van der Waals surface area contributed by atoms with Crippen molar-refractivity contribution in [3.63, 3.8) is 0 Å². The van der Waals surface area contributed by atoms with Gasteiger partial charge in [0.05, 0.1) is 11.4 Å². The van der Waals surface area contributed by atoms with Gasteiger partial charge in [0.15, 0.2) is 0 Å². The van der Waals surface area contributed by atoms with Crippen LogP contribution in [-0.4, -0.2) is 27.4 Å². The van der Waals surface area contributed by atoms with E-state index < -0.39 is 29.3 Å². The fraction of sp³-hybridized carbons (Fsp3) is 0.286. The lowest BCUT2D eigenvalue weighted by Gasteiger charge is -2.18. The average Bonchev–Trinajstić information content (AvgIpc) is 2.70. The Morgan fingerprint density at radius 2 is 1.62 bits per heavy atom. The molecule has 5 nitrogen and oxygen atoms in total. The number of para-hydroxylation sites is 1. The van der Waals surface area contributed by atoms with Crippen molar-refractivity contribution in [3.05, 3.63) is 46.4 Å². The van der Waals surface area contributed by atoms with Gasteiger partial charge in [0.25, 0.3) is 5.56 Å². The van der Waals surface area contributed by atoms with Crippen LogP contribution in [0.5, 0.6) is 0 Å². The molecule has 2 rings (SSSR count). The molecule has 0 fully saturated rings. The number of carbonyl (C=O) groups excluding carboxylic acids is 1. The summed E-state index contributed by atoms with van der Waals surface area (Å²) in [6.45, 7) is 1.31. The summed E-state index contributed by atoms with van der Waals surface area (Å²) in [5, 5.41) is 1.39. The van der Waals surface area contributed by atoms with Gasteiger partial charge in [-0.1, -0.05) is 18.2 Å². The lowest BCUT2D eigenvalue weighted by atomic mass is 10.3. The highest BCUT2D eigenvalue weighted by atomic mass is 19.4. The van der Waals surface area contributed by atoms with Crippen LogP contribution >= 0.6 is 0 Å². The number of benzene rings is 1. The number of hydrogen-bond acceptors (Lipinski definition) is 2. The minimum Gasteiger partial charge on any atom is -0.314 e. The van der Waals surface area contributed by atoms with Crippen LogP contribution in [0.3, 0.4) is 0 Å². The molecular weight excluding hydrogens is 337 g/mol. The number of carbonyl (C=O) groups is 1. The largest absolute Gasteiger partial charge is 0.463 e. The van der Waals surface area contributed by atoms with Crippen molar-refractivity contribution in [1.29, 1.82) is 0 Å². The first-order chi connectivity index (χ1) is 11.0. The third kappa shape index (κ3) is 2.79. The molecule has 0 bridgehead atoms. The Morgan fingerprint density at radius 1 is 1.08 bits per heavy atom. The Kier molecular flexibility index (Phi) is 4.25. The van der Waals surface area contributed by atoms with Gasteiger partial charge in [0, 0.05) is 7.05 Å². The summed E-state index contributed by atoms with van der Waals surface area (Å²) < 4.78 is 65.1. The summed E-state index contributed by atoms with van der Waals surface area (Å²) in [6, 6.07) is 7.98. The van der Waals surface area contributed by atoms with Gasteiger partial charge in [0.1, 0.15) is 5.69 Å². The number of alkyl halides is 5. The van der Waals surface area contributed by atoms with Gasteiger partial charge in [-0.25, -0.2) is 4.68 Å². The molecule has 24 heavy (non-hydrogen) atoms. The number of anilines is 1. The second-order valence-electron chi connectivity index (χ2n) is 4.96. The number of aromatic nitrogens is 2. The van der Waals surface area contributed by atoms with E-state index in [0.717, 1.165) is 4.68 Å². The number of rotatable bonds is 3. The summed E-state index contributed by atoms with van der Waals surface area (Å²) in [5.74, 6) is -8.22. The lowest BCUT2D eigenvalue weighted by Crippen LogP contribution is -2.47. The summed E-state index contributed by atoms with van der Waals surface area (Å²) in [5.41, 5.74) is -1.19.